The van der Waals surface area contributed by atoms with Gasteiger partial charge in [0.25, 0.3) is 0 Å². The number of thiophene rings is 1. The summed E-state index contributed by atoms with van der Waals surface area (Å²) in [4.78, 5) is 36.3. The molecule has 0 aliphatic carbocycles. The predicted molar refractivity (Wildman–Crippen MR) is 81.7 cm³/mol. The van der Waals surface area contributed by atoms with Crippen molar-refractivity contribution >= 4 is 34.2 Å². The largest absolute Gasteiger partial charge is 0.481 e. The topological polar surface area (TPSA) is 104 Å². The first-order chi connectivity index (χ1) is 10.3. The Morgan fingerprint density at radius 3 is 2.50 bits per heavy atom. The zero-order valence-electron chi connectivity index (χ0n) is 12.7. The fourth-order valence-electron chi connectivity index (χ4n) is 1.89. The van der Waals surface area contributed by atoms with Crippen LogP contribution in [0.4, 0.5) is 5.00 Å². The number of esters is 1. The summed E-state index contributed by atoms with van der Waals surface area (Å²) in [7, 11) is 0. The van der Waals surface area contributed by atoms with Gasteiger partial charge in [-0.25, -0.2) is 9.59 Å². The van der Waals surface area contributed by atoms with Crippen molar-refractivity contribution in [1.29, 1.82) is 0 Å². The fourth-order valence-corrected chi connectivity index (χ4v) is 2.99. The van der Waals surface area contributed by atoms with Gasteiger partial charge in [0.2, 0.25) is 0 Å². The van der Waals surface area contributed by atoms with E-state index in [-0.39, 0.29) is 25.1 Å². The summed E-state index contributed by atoms with van der Waals surface area (Å²) in [5.74, 6) is -2.67. The van der Waals surface area contributed by atoms with Gasteiger partial charge in [0.1, 0.15) is 11.0 Å². The van der Waals surface area contributed by atoms with E-state index in [1.807, 2.05) is 0 Å². The SMILES string of the molecule is CCOC(=O)c1cc(C)sc1N(CCC(=O)O)C(C)C(=O)O. The van der Waals surface area contributed by atoms with Crippen molar-refractivity contribution in [2.45, 2.75) is 33.2 Å². The van der Waals surface area contributed by atoms with Crippen LogP contribution in [-0.2, 0) is 14.3 Å². The van der Waals surface area contributed by atoms with Gasteiger partial charge in [-0.05, 0) is 26.8 Å². The maximum atomic E-state index is 12.0. The van der Waals surface area contributed by atoms with E-state index in [0.717, 1.165) is 4.88 Å². The van der Waals surface area contributed by atoms with E-state index in [1.54, 1.807) is 19.9 Å². The minimum absolute atomic E-state index is 0.00480. The Balaban J connectivity index is 3.20. The zero-order chi connectivity index (χ0) is 16.9. The molecule has 7 nitrogen and oxygen atoms in total. The molecule has 2 N–H and O–H groups in total. The van der Waals surface area contributed by atoms with Crippen LogP contribution in [0.2, 0.25) is 0 Å². The molecule has 1 unspecified atom stereocenters. The number of carboxylic acids is 2. The standard InChI is InChI=1S/C14H19NO6S/c1-4-21-14(20)10-7-8(2)22-12(10)15(6-5-11(16)17)9(3)13(18)19/h7,9H,4-6H2,1-3H3,(H,16,17)(H,18,19). The first kappa shape index (κ1) is 18.0. The molecular weight excluding hydrogens is 310 g/mol. The fraction of sp³-hybridized carbons (Fsp3) is 0.500. The van der Waals surface area contributed by atoms with Crippen LogP contribution < -0.4 is 4.90 Å². The van der Waals surface area contributed by atoms with E-state index in [1.165, 1.54) is 23.2 Å². The van der Waals surface area contributed by atoms with Crippen LogP contribution in [0.15, 0.2) is 6.07 Å². The number of hydrogen-bond donors (Lipinski definition) is 2. The maximum absolute atomic E-state index is 12.0. The summed E-state index contributed by atoms with van der Waals surface area (Å²) in [6.45, 7) is 5.12. The summed E-state index contributed by atoms with van der Waals surface area (Å²) < 4.78 is 4.98. The second-order valence-corrected chi connectivity index (χ2v) is 5.88. The average molecular weight is 329 g/mol. The normalized spacial score (nSPS) is 11.8. The second kappa shape index (κ2) is 7.79. The smallest absolute Gasteiger partial charge is 0.341 e. The van der Waals surface area contributed by atoms with Crippen molar-refractivity contribution in [3.8, 4) is 0 Å². The second-order valence-electron chi connectivity index (χ2n) is 4.65. The van der Waals surface area contributed by atoms with Gasteiger partial charge in [0.15, 0.2) is 0 Å². The highest BCUT2D eigenvalue weighted by Crippen LogP contribution is 2.33. The van der Waals surface area contributed by atoms with Crippen LogP contribution in [0.25, 0.3) is 0 Å². The Morgan fingerprint density at radius 2 is 2.00 bits per heavy atom. The third-order valence-corrected chi connectivity index (χ3v) is 4.07. The monoisotopic (exact) mass is 329 g/mol. The molecule has 0 bridgehead atoms. The molecular formula is C14H19NO6S. The van der Waals surface area contributed by atoms with E-state index in [4.69, 9.17) is 9.84 Å². The maximum Gasteiger partial charge on any atom is 0.341 e. The summed E-state index contributed by atoms with van der Waals surface area (Å²) in [5, 5.41) is 18.5. The van der Waals surface area contributed by atoms with Gasteiger partial charge < -0.3 is 19.8 Å². The third kappa shape index (κ3) is 4.45. The van der Waals surface area contributed by atoms with Crippen LogP contribution in [0, 0.1) is 6.92 Å². The number of hydrogen-bond acceptors (Lipinski definition) is 6. The van der Waals surface area contributed by atoms with Crippen LogP contribution >= 0.6 is 11.3 Å². The highest BCUT2D eigenvalue weighted by Gasteiger charge is 2.28. The Hall–Kier alpha value is -2.09. The Labute approximate surface area is 132 Å². The van der Waals surface area contributed by atoms with Crippen molar-refractivity contribution in [3.63, 3.8) is 0 Å². The first-order valence-corrected chi connectivity index (χ1v) is 7.58. The Kier molecular flexibility index (Phi) is 6.36. The van der Waals surface area contributed by atoms with Gasteiger partial charge in [-0.1, -0.05) is 0 Å². The molecule has 1 aromatic heterocycles. The van der Waals surface area contributed by atoms with E-state index in [9.17, 15) is 19.5 Å². The summed E-state index contributed by atoms with van der Waals surface area (Å²) in [6.07, 6.45) is -0.225. The number of carbonyl (C=O) groups is 3. The molecule has 8 heteroatoms. The Morgan fingerprint density at radius 1 is 1.36 bits per heavy atom. The van der Waals surface area contributed by atoms with Gasteiger partial charge in [0.05, 0.1) is 18.6 Å². The molecule has 0 radical (unpaired) electrons. The van der Waals surface area contributed by atoms with E-state index >= 15 is 0 Å². The van der Waals surface area contributed by atoms with Crippen LogP contribution in [0.5, 0.6) is 0 Å². The number of aryl methyl sites for hydroxylation is 1. The van der Waals surface area contributed by atoms with Gasteiger partial charge >= 0.3 is 17.9 Å². The van der Waals surface area contributed by atoms with Crippen molar-refractivity contribution in [2.24, 2.45) is 0 Å². The number of ether oxygens (including phenoxy) is 1. The van der Waals surface area contributed by atoms with Crippen LogP contribution in [-0.4, -0.2) is 47.3 Å². The molecule has 0 aliphatic rings. The molecule has 0 saturated carbocycles. The number of rotatable bonds is 8. The lowest BCUT2D eigenvalue weighted by atomic mass is 10.2. The van der Waals surface area contributed by atoms with Crippen molar-refractivity contribution in [3.05, 3.63) is 16.5 Å². The molecule has 0 saturated heterocycles. The van der Waals surface area contributed by atoms with Crippen molar-refractivity contribution in [2.75, 3.05) is 18.1 Å². The molecule has 22 heavy (non-hydrogen) atoms. The summed E-state index contributed by atoms with van der Waals surface area (Å²) in [6, 6.07) is 0.672. The quantitative estimate of drug-likeness (QED) is 0.703. The number of carboxylic acid groups (broad SMARTS) is 2. The minimum Gasteiger partial charge on any atom is -0.481 e. The van der Waals surface area contributed by atoms with Crippen LogP contribution in [0.3, 0.4) is 0 Å². The lowest BCUT2D eigenvalue weighted by Crippen LogP contribution is -2.40. The first-order valence-electron chi connectivity index (χ1n) is 6.76. The number of nitrogens with zero attached hydrogens (tertiary/aromatic N) is 1. The molecule has 1 rings (SSSR count). The third-order valence-electron chi connectivity index (χ3n) is 2.98. The minimum atomic E-state index is -1.09. The van der Waals surface area contributed by atoms with E-state index in [2.05, 4.69) is 0 Å². The van der Waals surface area contributed by atoms with Gasteiger partial charge in [0, 0.05) is 11.4 Å². The molecule has 1 heterocycles. The molecule has 1 atom stereocenters. The molecule has 0 aliphatic heterocycles. The van der Waals surface area contributed by atoms with E-state index < -0.39 is 23.9 Å². The molecule has 0 aromatic carbocycles. The number of aliphatic carboxylic acids is 2. The predicted octanol–water partition coefficient (Wildman–Crippen LogP) is 1.99. The molecule has 0 spiro atoms. The number of carbonyl (C=O) groups excluding carboxylic acids is 1. The summed E-state index contributed by atoms with van der Waals surface area (Å²) in [5.41, 5.74) is 0.267. The Bertz CT molecular complexity index is 568. The van der Waals surface area contributed by atoms with Crippen molar-refractivity contribution in [1.82, 2.24) is 0 Å². The lowest BCUT2D eigenvalue weighted by Gasteiger charge is -2.27. The number of anilines is 1. The van der Waals surface area contributed by atoms with E-state index in [0.29, 0.717) is 5.00 Å². The van der Waals surface area contributed by atoms with Gasteiger partial charge in [-0.15, -0.1) is 11.3 Å². The van der Waals surface area contributed by atoms with Gasteiger partial charge in [-0.3, -0.25) is 4.79 Å². The molecule has 0 fully saturated rings. The lowest BCUT2D eigenvalue weighted by molar-refractivity contribution is -0.139. The average Bonchev–Trinajstić information content (AvgIpc) is 2.80. The van der Waals surface area contributed by atoms with Gasteiger partial charge in [-0.2, -0.15) is 0 Å². The highest BCUT2D eigenvalue weighted by molar-refractivity contribution is 7.16. The molecule has 122 valence electrons. The molecule has 1 aromatic rings. The van der Waals surface area contributed by atoms with Crippen molar-refractivity contribution < 1.29 is 29.3 Å². The molecule has 0 amide bonds. The summed E-state index contributed by atoms with van der Waals surface area (Å²) >= 11 is 1.24. The zero-order valence-corrected chi connectivity index (χ0v) is 13.5. The highest BCUT2D eigenvalue weighted by atomic mass is 32.1. The van der Waals surface area contributed by atoms with Crippen LogP contribution in [0.1, 0.15) is 35.5 Å².